The largest absolute Gasteiger partial charge is 0.378 e. The smallest absolute Gasteiger partial charge is 0.297 e. The van der Waals surface area contributed by atoms with E-state index in [-0.39, 0.29) is 0 Å². The third-order valence-electron chi connectivity index (χ3n) is 5.44. The molecular weight excluding hydrogens is 368 g/mol. The van der Waals surface area contributed by atoms with Crippen LogP contribution in [-0.2, 0) is 17.6 Å². The van der Waals surface area contributed by atoms with E-state index in [4.69, 9.17) is 26.9 Å². The van der Waals surface area contributed by atoms with Crippen LogP contribution in [0, 0.1) is 4.77 Å². The minimum absolute atomic E-state index is 0.624. The predicted octanol–water partition coefficient (Wildman–Crippen LogP) is 2.29. The number of H-pyrrole nitrogens is 2. The van der Waals surface area contributed by atoms with Gasteiger partial charge in [0, 0.05) is 13.1 Å². The average molecular weight is 385 g/mol. The molecule has 0 atom stereocenters. The number of nitrogens with one attached hydrogen (secondary N) is 2. The Kier molecular flexibility index (Phi) is 3.14. The van der Waals surface area contributed by atoms with E-state index in [0.717, 1.165) is 65.7 Å². The standard InChI is InChI=1S/C17H16N6OS2/c25-17-21-20-15-13-12(18-8-23(15)17)11-9-2-1-3-10(9)14(19-16(11)26-13)22-4-6-24-7-5-22/h8H,1-7H2,(H,21,25)/p+1. The van der Waals surface area contributed by atoms with Crippen LogP contribution in [0.25, 0.3) is 26.1 Å². The molecule has 2 aliphatic rings. The first-order chi connectivity index (χ1) is 12.8. The van der Waals surface area contributed by atoms with E-state index in [9.17, 15) is 0 Å². The average Bonchev–Trinajstić information content (AvgIpc) is 3.37. The van der Waals surface area contributed by atoms with Crippen LogP contribution in [0.15, 0.2) is 6.33 Å². The number of pyridine rings is 1. The van der Waals surface area contributed by atoms with Crippen molar-refractivity contribution in [2.75, 3.05) is 31.2 Å². The molecule has 0 saturated carbocycles. The van der Waals surface area contributed by atoms with Gasteiger partial charge >= 0.3 is 0 Å². The first-order valence-electron chi connectivity index (χ1n) is 8.89. The summed E-state index contributed by atoms with van der Waals surface area (Å²) in [4.78, 5) is 13.3. The Morgan fingerprint density at radius 1 is 1.19 bits per heavy atom. The lowest BCUT2D eigenvalue weighted by Gasteiger charge is -2.29. The fourth-order valence-corrected chi connectivity index (χ4v) is 5.57. The van der Waals surface area contributed by atoms with Gasteiger partial charge in [-0.05, 0) is 42.6 Å². The molecular formula is C17H17N6OS2+. The molecule has 9 heteroatoms. The molecule has 4 aromatic rings. The topological polar surface area (TPSA) is 73.9 Å². The number of aromatic amines is 2. The molecule has 0 radical (unpaired) electrons. The second-order valence-electron chi connectivity index (χ2n) is 6.82. The van der Waals surface area contributed by atoms with Gasteiger partial charge in [-0.1, -0.05) is 0 Å². The summed E-state index contributed by atoms with van der Waals surface area (Å²) in [5, 5.41) is 7.43. The highest BCUT2D eigenvalue weighted by Crippen LogP contribution is 2.42. The Hall–Kier alpha value is -2.10. The Morgan fingerprint density at radius 3 is 2.92 bits per heavy atom. The molecule has 0 amide bonds. The number of nitrogens with zero attached hydrogens (tertiary/aromatic N) is 4. The molecule has 1 saturated heterocycles. The number of anilines is 1. The van der Waals surface area contributed by atoms with Crippen LogP contribution in [-0.4, -0.2) is 46.5 Å². The van der Waals surface area contributed by atoms with Gasteiger partial charge in [0.2, 0.25) is 6.33 Å². The maximum atomic E-state index is 5.53. The molecule has 1 fully saturated rings. The van der Waals surface area contributed by atoms with Crippen LogP contribution in [0.4, 0.5) is 5.82 Å². The van der Waals surface area contributed by atoms with Crippen molar-refractivity contribution in [3.63, 3.8) is 0 Å². The summed E-state index contributed by atoms with van der Waals surface area (Å²) < 4.78 is 9.15. The molecule has 0 aromatic carbocycles. The molecule has 5 heterocycles. The Balaban J connectivity index is 1.70. The SMILES string of the molecule is S=c1[nH][nH]c2c3sc4nc(N5CCOCC5)c5c(c4c3nc[n+]12)CCC5. The van der Waals surface area contributed by atoms with E-state index in [0.29, 0.717) is 4.77 Å². The lowest BCUT2D eigenvalue weighted by atomic mass is 10.1. The maximum absolute atomic E-state index is 5.53. The Labute approximate surface area is 157 Å². The van der Waals surface area contributed by atoms with Crippen LogP contribution >= 0.6 is 23.6 Å². The quantitative estimate of drug-likeness (QED) is 0.388. The third-order valence-corrected chi connectivity index (χ3v) is 6.82. The van der Waals surface area contributed by atoms with Crippen LogP contribution < -0.4 is 9.30 Å². The van der Waals surface area contributed by atoms with Crippen molar-refractivity contribution in [1.82, 2.24) is 20.2 Å². The van der Waals surface area contributed by atoms with Gasteiger partial charge in [0.05, 0.1) is 18.6 Å². The van der Waals surface area contributed by atoms with Gasteiger partial charge in [0.25, 0.3) is 10.4 Å². The van der Waals surface area contributed by atoms with Crippen LogP contribution in [0.5, 0.6) is 0 Å². The lowest BCUT2D eigenvalue weighted by molar-refractivity contribution is -0.522. The Morgan fingerprint density at radius 2 is 2.04 bits per heavy atom. The predicted molar refractivity (Wildman–Crippen MR) is 103 cm³/mol. The summed E-state index contributed by atoms with van der Waals surface area (Å²) in [6.07, 6.45) is 5.20. The lowest BCUT2D eigenvalue weighted by Crippen LogP contribution is -2.37. The van der Waals surface area contributed by atoms with E-state index in [1.54, 1.807) is 17.7 Å². The van der Waals surface area contributed by atoms with Gasteiger partial charge in [-0.2, -0.15) is 14.6 Å². The number of fused-ring (bicyclic) bond motifs is 7. The molecule has 0 bridgehead atoms. The molecule has 1 aliphatic heterocycles. The van der Waals surface area contributed by atoms with Gasteiger partial charge < -0.3 is 9.64 Å². The fourth-order valence-electron chi connectivity index (χ4n) is 4.24. The second-order valence-corrected chi connectivity index (χ2v) is 8.21. The highest BCUT2D eigenvalue weighted by molar-refractivity contribution is 7.71. The normalized spacial score (nSPS) is 17.6. The molecule has 0 unspecified atom stereocenters. The van der Waals surface area contributed by atoms with Crippen LogP contribution in [0.1, 0.15) is 17.5 Å². The van der Waals surface area contributed by atoms with Crippen molar-refractivity contribution in [2.24, 2.45) is 0 Å². The summed E-state index contributed by atoms with van der Waals surface area (Å²) in [5.41, 5.74) is 4.85. The number of morpholine rings is 1. The maximum Gasteiger partial charge on any atom is 0.297 e. The van der Waals surface area contributed by atoms with E-state index >= 15 is 0 Å². The van der Waals surface area contributed by atoms with Crippen molar-refractivity contribution < 1.29 is 9.14 Å². The van der Waals surface area contributed by atoms with Crippen molar-refractivity contribution >= 4 is 55.5 Å². The van der Waals surface area contributed by atoms with E-state index in [2.05, 4.69) is 15.1 Å². The zero-order valence-electron chi connectivity index (χ0n) is 14.0. The molecule has 2 N–H and O–H groups in total. The number of ether oxygens (including phenoxy) is 1. The molecule has 6 rings (SSSR count). The zero-order chi connectivity index (χ0) is 17.3. The van der Waals surface area contributed by atoms with Gasteiger partial charge in [0.1, 0.15) is 15.3 Å². The van der Waals surface area contributed by atoms with Crippen molar-refractivity contribution in [3.05, 3.63) is 22.2 Å². The highest BCUT2D eigenvalue weighted by Gasteiger charge is 2.28. The number of hydrogen-bond acceptors (Lipinski definition) is 6. The number of thiophene rings is 1. The third kappa shape index (κ3) is 1.96. The fraction of sp³-hybridized carbons (Fsp3) is 0.412. The van der Waals surface area contributed by atoms with Crippen molar-refractivity contribution in [3.8, 4) is 0 Å². The van der Waals surface area contributed by atoms with E-state index in [1.807, 2.05) is 4.40 Å². The van der Waals surface area contributed by atoms with Crippen molar-refractivity contribution in [1.29, 1.82) is 0 Å². The molecule has 26 heavy (non-hydrogen) atoms. The Bertz CT molecular complexity index is 1230. The molecule has 1 aliphatic carbocycles. The monoisotopic (exact) mass is 385 g/mol. The van der Waals surface area contributed by atoms with Gasteiger partial charge in [-0.3, -0.25) is 0 Å². The number of hydrogen-bond donors (Lipinski definition) is 2. The van der Waals surface area contributed by atoms with Gasteiger partial charge in [0.15, 0.2) is 5.52 Å². The molecule has 0 spiro atoms. The number of aryl methyl sites for hydroxylation is 1. The summed E-state index contributed by atoms with van der Waals surface area (Å²) >= 11 is 7.02. The molecule has 132 valence electrons. The molecule has 7 nitrogen and oxygen atoms in total. The van der Waals surface area contributed by atoms with Crippen molar-refractivity contribution in [2.45, 2.75) is 19.3 Å². The van der Waals surface area contributed by atoms with E-state index in [1.165, 1.54) is 22.9 Å². The van der Waals surface area contributed by atoms with Crippen LogP contribution in [0.2, 0.25) is 0 Å². The summed E-state index contributed by atoms with van der Waals surface area (Å²) in [5.74, 6) is 1.16. The second kappa shape index (κ2) is 5.45. The van der Waals surface area contributed by atoms with E-state index < -0.39 is 0 Å². The molecule has 4 aromatic heterocycles. The minimum atomic E-state index is 0.624. The highest BCUT2D eigenvalue weighted by atomic mass is 32.1. The number of rotatable bonds is 1. The summed E-state index contributed by atoms with van der Waals surface area (Å²) in [6, 6.07) is 0. The first-order valence-corrected chi connectivity index (χ1v) is 10.1. The summed E-state index contributed by atoms with van der Waals surface area (Å²) in [7, 11) is 0. The first kappa shape index (κ1) is 15.0. The van der Waals surface area contributed by atoms with Gasteiger partial charge in [-0.15, -0.1) is 16.3 Å². The zero-order valence-corrected chi connectivity index (χ0v) is 15.7. The minimum Gasteiger partial charge on any atom is -0.378 e. The summed E-state index contributed by atoms with van der Waals surface area (Å²) in [6.45, 7) is 3.39. The van der Waals surface area contributed by atoms with Crippen LogP contribution in [0.3, 0.4) is 0 Å². The number of aromatic nitrogens is 5. The van der Waals surface area contributed by atoms with Gasteiger partial charge in [-0.25, -0.2) is 4.98 Å².